The van der Waals surface area contributed by atoms with Gasteiger partial charge in [0.15, 0.2) is 5.13 Å². The third kappa shape index (κ3) is 3.32. The summed E-state index contributed by atoms with van der Waals surface area (Å²) in [7, 11) is 0. The van der Waals surface area contributed by atoms with E-state index in [1.165, 1.54) is 11.3 Å². The van der Waals surface area contributed by atoms with Gasteiger partial charge in [-0.2, -0.15) is 0 Å². The molecular weight excluding hydrogens is 260 g/mol. The Hall–Kier alpha value is -1.88. The van der Waals surface area contributed by atoms with Gasteiger partial charge >= 0.3 is 0 Å². The first kappa shape index (κ1) is 13.5. The first-order chi connectivity index (χ1) is 9.10. The van der Waals surface area contributed by atoms with Crippen LogP contribution >= 0.6 is 11.3 Å². The highest BCUT2D eigenvalue weighted by molar-refractivity contribution is 7.15. The van der Waals surface area contributed by atoms with Gasteiger partial charge in [-0.05, 0) is 19.4 Å². The average Bonchev–Trinajstić information content (AvgIpc) is 2.72. The van der Waals surface area contributed by atoms with Crippen LogP contribution in [-0.4, -0.2) is 16.0 Å². The Bertz CT molecular complexity index is 593. The first-order valence-electron chi connectivity index (χ1n) is 6.13. The molecule has 0 aliphatic heterocycles. The van der Waals surface area contributed by atoms with Crippen LogP contribution in [0.25, 0.3) is 0 Å². The zero-order chi connectivity index (χ0) is 13.8. The van der Waals surface area contributed by atoms with E-state index in [9.17, 15) is 9.90 Å². The molecule has 2 N–H and O–H groups in total. The van der Waals surface area contributed by atoms with E-state index in [2.05, 4.69) is 10.3 Å². The molecule has 0 radical (unpaired) electrons. The van der Waals surface area contributed by atoms with Crippen LogP contribution in [0.2, 0.25) is 0 Å². The number of carbonyl (C=O) groups is 1. The van der Waals surface area contributed by atoms with Crippen molar-refractivity contribution >= 4 is 22.4 Å². The van der Waals surface area contributed by atoms with Gasteiger partial charge in [0.05, 0.1) is 12.1 Å². The fourth-order valence-electron chi connectivity index (χ4n) is 1.81. The van der Waals surface area contributed by atoms with E-state index >= 15 is 0 Å². The van der Waals surface area contributed by atoms with E-state index < -0.39 is 0 Å². The zero-order valence-corrected chi connectivity index (χ0v) is 11.8. The predicted octanol–water partition coefficient (Wildman–Crippen LogP) is 2.90. The number of phenolic OH excluding ortho intramolecular Hbond substituents is 1. The molecular formula is C14H16N2O2S. The number of nitrogens with one attached hydrogen (secondary N) is 1. The molecule has 2 aromatic rings. The Labute approximate surface area is 116 Å². The van der Waals surface area contributed by atoms with E-state index in [4.69, 9.17) is 0 Å². The number of aromatic nitrogens is 1. The lowest BCUT2D eigenvalue weighted by atomic mass is 10.1. The summed E-state index contributed by atoms with van der Waals surface area (Å²) in [6.45, 7) is 4.03. The van der Waals surface area contributed by atoms with Gasteiger partial charge in [-0.15, -0.1) is 11.3 Å². The number of hydrogen-bond donors (Lipinski definition) is 2. The maximum absolute atomic E-state index is 11.9. The standard InChI is InChI=1S/C14H16N2O2S/c1-3-11-9(2)19-14(15-11)16-13(18)8-10-6-4-5-7-12(10)17/h4-7,17H,3,8H2,1-2H3,(H,15,16,18). The molecule has 1 heterocycles. The normalized spacial score (nSPS) is 10.4. The first-order valence-corrected chi connectivity index (χ1v) is 6.94. The highest BCUT2D eigenvalue weighted by Gasteiger charge is 2.11. The predicted molar refractivity (Wildman–Crippen MR) is 76.7 cm³/mol. The minimum Gasteiger partial charge on any atom is -0.508 e. The molecule has 0 bridgehead atoms. The summed E-state index contributed by atoms with van der Waals surface area (Å²) in [5.41, 5.74) is 1.63. The smallest absolute Gasteiger partial charge is 0.230 e. The van der Waals surface area contributed by atoms with Crippen LogP contribution in [0.3, 0.4) is 0 Å². The third-order valence-electron chi connectivity index (χ3n) is 2.82. The number of aromatic hydroxyl groups is 1. The van der Waals surface area contributed by atoms with Gasteiger partial charge in [0, 0.05) is 10.4 Å². The van der Waals surface area contributed by atoms with Crippen molar-refractivity contribution in [1.82, 2.24) is 4.98 Å². The van der Waals surface area contributed by atoms with E-state index in [0.717, 1.165) is 17.0 Å². The van der Waals surface area contributed by atoms with Crippen molar-refractivity contribution in [2.24, 2.45) is 0 Å². The second-order valence-electron chi connectivity index (χ2n) is 4.23. The second kappa shape index (κ2) is 5.84. The summed E-state index contributed by atoms with van der Waals surface area (Å²) >= 11 is 1.48. The van der Waals surface area contributed by atoms with Crippen LogP contribution in [0.4, 0.5) is 5.13 Å². The number of rotatable bonds is 4. The van der Waals surface area contributed by atoms with Crippen LogP contribution in [0.15, 0.2) is 24.3 Å². The van der Waals surface area contributed by atoms with Crippen LogP contribution in [0.5, 0.6) is 5.75 Å². The number of nitrogens with zero attached hydrogens (tertiary/aromatic N) is 1. The molecule has 19 heavy (non-hydrogen) atoms. The highest BCUT2D eigenvalue weighted by Crippen LogP contribution is 2.23. The lowest BCUT2D eigenvalue weighted by Gasteiger charge is -2.03. The van der Waals surface area contributed by atoms with E-state index in [1.54, 1.807) is 24.3 Å². The number of anilines is 1. The van der Waals surface area contributed by atoms with Gasteiger partial charge in [-0.3, -0.25) is 4.79 Å². The molecule has 0 saturated carbocycles. The molecule has 0 aliphatic carbocycles. The molecule has 0 saturated heterocycles. The molecule has 100 valence electrons. The Balaban J connectivity index is 2.03. The van der Waals surface area contributed by atoms with Crippen molar-refractivity contribution in [3.63, 3.8) is 0 Å². The van der Waals surface area contributed by atoms with Gasteiger partial charge in [-0.25, -0.2) is 4.98 Å². The average molecular weight is 276 g/mol. The van der Waals surface area contributed by atoms with Crippen LogP contribution < -0.4 is 5.32 Å². The number of phenols is 1. The minimum atomic E-state index is -0.169. The Morgan fingerprint density at radius 2 is 2.16 bits per heavy atom. The summed E-state index contributed by atoms with van der Waals surface area (Å²) in [6.07, 6.45) is 1.00. The Morgan fingerprint density at radius 1 is 1.42 bits per heavy atom. The molecule has 5 heteroatoms. The van der Waals surface area contributed by atoms with Crippen molar-refractivity contribution in [3.05, 3.63) is 40.4 Å². The lowest BCUT2D eigenvalue weighted by molar-refractivity contribution is -0.115. The number of carbonyl (C=O) groups excluding carboxylic acids is 1. The molecule has 0 aliphatic rings. The quantitative estimate of drug-likeness (QED) is 0.902. The summed E-state index contributed by atoms with van der Waals surface area (Å²) < 4.78 is 0. The fraction of sp³-hybridized carbons (Fsp3) is 0.286. The highest BCUT2D eigenvalue weighted by atomic mass is 32.1. The van der Waals surface area contributed by atoms with Gasteiger partial charge in [0.25, 0.3) is 0 Å². The maximum Gasteiger partial charge on any atom is 0.230 e. The van der Waals surface area contributed by atoms with E-state index in [-0.39, 0.29) is 18.1 Å². The number of hydrogen-bond acceptors (Lipinski definition) is 4. The van der Waals surface area contributed by atoms with Crippen molar-refractivity contribution in [1.29, 1.82) is 0 Å². The van der Waals surface area contributed by atoms with Crippen molar-refractivity contribution in [3.8, 4) is 5.75 Å². The van der Waals surface area contributed by atoms with Crippen molar-refractivity contribution in [2.45, 2.75) is 26.7 Å². The van der Waals surface area contributed by atoms with E-state index in [0.29, 0.717) is 10.7 Å². The molecule has 1 amide bonds. The largest absolute Gasteiger partial charge is 0.508 e. The van der Waals surface area contributed by atoms with Crippen LogP contribution in [-0.2, 0) is 17.6 Å². The monoisotopic (exact) mass is 276 g/mol. The molecule has 0 unspecified atom stereocenters. The molecule has 2 rings (SSSR count). The number of thiazole rings is 1. The Morgan fingerprint density at radius 3 is 2.79 bits per heavy atom. The molecule has 0 fully saturated rings. The molecule has 1 aromatic heterocycles. The SMILES string of the molecule is CCc1nc(NC(=O)Cc2ccccc2O)sc1C. The number of para-hydroxylation sites is 1. The molecule has 1 aromatic carbocycles. The second-order valence-corrected chi connectivity index (χ2v) is 5.43. The molecule has 0 spiro atoms. The van der Waals surface area contributed by atoms with Gasteiger partial charge < -0.3 is 10.4 Å². The number of aryl methyl sites for hydroxylation is 2. The summed E-state index contributed by atoms with van der Waals surface area (Å²) in [5.74, 6) is -0.0277. The summed E-state index contributed by atoms with van der Waals surface area (Å²) in [4.78, 5) is 17.4. The third-order valence-corrected chi connectivity index (χ3v) is 3.75. The molecule has 4 nitrogen and oxygen atoms in total. The Kier molecular flexibility index (Phi) is 4.16. The number of amides is 1. The van der Waals surface area contributed by atoms with Crippen LogP contribution in [0.1, 0.15) is 23.1 Å². The van der Waals surface area contributed by atoms with Gasteiger partial charge in [0.2, 0.25) is 5.91 Å². The van der Waals surface area contributed by atoms with Gasteiger partial charge in [-0.1, -0.05) is 25.1 Å². The van der Waals surface area contributed by atoms with Crippen LogP contribution in [0, 0.1) is 6.92 Å². The fourth-order valence-corrected chi connectivity index (χ4v) is 2.72. The van der Waals surface area contributed by atoms with E-state index in [1.807, 2.05) is 13.8 Å². The zero-order valence-electron chi connectivity index (χ0n) is 10.9. The number of benzene rings is 1. The maximum atomic E-state index is 11.9. The van der Waals surface area contributed by atoms with Crippen molar-refractivity contribution in [2.75, 3.05) is 5.32 Å². The lowest BCUT2D eigenvalue weighted by Crippen LogP contribution is -2.14. The summed E-state index contributed by atoms with van der Waals surface area (Å²) in [6, 6.07) is 6.84. The molecule has 0 atom stereocenters. The van der Waals surface area contributed by atoms with Gasteiger partial charge in [0.1, 0.15) is 5.75 Å². The summed E-state index contributed by atoms with van der Waals surface area (Å²) in [5, 5.41) is 13.0. The topological polar surface area (TPSA) is 62.2 Å². The minimum absolute atomic E-state index is 0.141. The van der Waals surface area contributed by atoms with Crippen molar-refractivity contribution < 1.29 is 9.90 Å².